The summed E-state index contributed by atoms with van der Waals surface area (Å²) in [4.78, 5) is 33.2. The quantitative estimate of drug-likeness (QED) is 0.367. The van der Waals surface area contributed by atoms with Gasteiger partial charge in [0.05, 0.1) is 4.88 Å². The Morgan fingerprint density at radius 2 is 2.04 bits per heavy atom. The normalized spacial score (nSPS) is 20.2. The second-order valence-electron chi connectivity index (χ2n) is 5.72. The van der Waals surface area contributed by atoms with Gasteiger partial charge in [0.2, 0.25) is 0 Å². The molecule has 1 aromatic rings. The van der Waals surface area contributed by atoms with Crippen molar-refractivity contribution in [3.8, 4) is 0 Å². The minimum Gasteiger partial charge on any atom is -0.348 e. The number of anilines is 1. The Hall–Kier alpha value is -1.77. The molecule has 0 atom stereocenters. The number of nitrogens with one attached hydrogen (secondary N) is 1. The summed E-state index contributed by atoms with van der Waals surface area (Å²) in [5.41, 5.74) is -0.00815. The average molecular weight is 397 g/mol. The molecule has 0 aliphatic carbocycles. The Morgan fingerprint density at radius 1 is 1.32 bits per heavy atom. The molecular formula is C16H17ClN4O2S2. The van der Waals surface area contributed by atoms with Crippen molar-refractivity contribution in [1.82, 2.24) is 15.2 Å². The van der Waals surface area contributed by atoms with Crippen molar-refractivity contribution in [2.24, 2.45) is 0 Å². The summed E-state index contributed by atoms with van der Waals surface area (Å²) in [6.07, 6.45) is 6.52. The zero-order valence-electron chi connectivity index (χ0n) is 13.5. The van der Waals surface area contributed by atoms with Gasteiger partial charge in [0.1, 0.15) is 10.7 Å². The van der Waals surface area contributed by atoms with Gasteiger partial charge in [0.15, 0.2) is 10.2 Å². The van der Waals surface area contributed by atoms with Gasteiger partial charge < -0.3 is 4.90 Å². The molecule has 3 rings (SSSR count). The lowest BCUT2D eigenvalue weighted by atomic mass is 10.1. The molecule has 2 aliphatic rings. The fraction of sp³-hybridized carbons (Fsp3) is 0.375. The zero-order valence-corrected chi connectivity index (χ0v) is 15.8. The molecular weight excluding hydrogens is 380 g/mol. The van der Waals surface area contributed by atoms with Crippen molar-refractivity contribution in [1.29, 1.82) is 0 Å². The minimum atomic E-state index is -0.528. The molecule has 3 heterocycles. The van der Waals surface area contributed by atoms with Gasteiger partial charge in [-0.05, 0) is 37.6 Å². The van der Waals surface area contributed by atoms with E-state index in [1.165, 1.54) is 28.7 Å². The number of aromatic nitrogens is 1. The molecule has 6 nitrogen and oxygen atoms in total. The third kappa shape index (κ3) is 3.75. The summed E-state index contributed by atoms with van der Waals surface area (Å²) in [6, 6.07) is 0. The third-order valence-corrected chi connectivity index (χ3v) is 5.78. The fourth-order valence-electron chi connectivity index (χ4n) is 2.73. The van der Waals surface area contributed by atoms with E-state index in [1.807, 2.05) is 0 Å². The summed E-state index contributed by atoms with van der Waals surface area (Å²) in [5.74, 6) is -0.989. The molecule has 0 bridgehead atoms. The van der Waals surface area contributed by atoms with E-state index in [2.05, 4.69) is 21.8 Å². The molecule has 0 saturated carbocycles. The molecule has 0 unspecified atom stereocenters. The van der Waals surface area contributed by atoms with Crippen LogP contribution in [-0.2, 0) is 9.59 Å². The number of thiazole rings is 1. The van der Waals surface area contributed by atoms with E-state index in [1.54, 1.807) is 6.08 Å². The van der Waals surface area contributed by atoms with Gasteiger partial charge in [0, 0.05) is 19.6 Å². The predicted octanol–water partition coefficient (Wildman–Crippen LogP) is 2.60. The summed E-state index contributed by atoms with van der Waals surface area (Å²) < 4.78 is 0. The van der Waals surface area contributed by atoms with Crippen molar-refractivity contribution < 1.29 is 9.59 Å². The number of hydrogen-bond donors (Lipinski definition) is 1. The van der Waals surface area contributed by atoms with E-state index in [0.717, 1.165) is 31.1 Å². The van der Waals surface area contributed by atoms with Crippen LogP contribution in [0, 0.1) is 0 Å². The number of thiocarbonyl (C=S) groups is 1. The van der Waals surface area contributed by atoms with E-state index >= 15 is 0 Å². The number of carbonyl (C=O) groups excluding carboxylic acids is 2. The molecule has 2 aliphatic heterocycles. The van der Waals surface area contributed by atoms with E-state index in [9.17, 15) is 9.59 Å². The molecule has 0 aromatic carbocycles. The van der Waals surface area contributed by atoms with Crippen molar-refractivity contribution in [3.05, 3.63) is 28.3 Å². The lowest BCUT2D eigenvalue weighted by Gasteiger charge is -2.27. The van der Waals surface area contributed by atoms with Crippen LogP contribution in [-0.4, -0.2) is 46.4 Å². The third-order valence-electron chi connectivity index (χ3n) is 4.00. The van der Waals surface area contributed by atoms with Crippen molar-refractivity contribution >= 4 is 63.3 Å². The molecule has 2 fully saturated rings. The van der Waals surface area contributed by atoms with Gasteiger partial charge in [-0.25, -0.2) is 4.98 Å². The summed E-state index contributed by atoms with van der Waals surface area (Å²) in [6.45, 7) is 5.72. The second kappa shape index (κ2) is 7.63. The zero-order chi connectivity index (χ0) is 18.0. The van der Waals surface area contributed by atoms with Gasteiger partial charge in [0.25, 0.3) is 11.8 Å². The largest absolute Gasteiger partial charge is 0.348 e. The molecule has 0 spiro atoms. The maximum absolute atomic E-state index is 12.6. The summed E-state index contributed by atoms with van der Waals surface area (Å²) in [5, 5.41) is 3.71. The SMILES string of the molecule is C=CCN1C(=O)/C(=C/c2sc(N3CCCCC3)nc2Cl)C(=O)NC1=S. The number of rotatable bonds is 4. The molecule has 9 heteroatoms. The van der Waals surface area contributed by atoms with E-state index in [-0.39, 0.29) is 17.2 Å². The van der Waals surface area contributed by atoms with Gasteiger partial charge in [-0.2, -0.15) is 0 Å². The number of amides is 2. The standard InChI is InChI=1S/C16H17ClN4O2S2/c1-2-6-21-14(23)10(13(22)19-15(21)24)9-11-12(17)18-16(25-11)20-7-4-3-5-8-20/h2,9H,1,3-8H2,(H,19,22,24)/b10-9+. The first-order valence-corrected chi connectivity index (χ1v) is 9.52. The molecule has 0 radical (unpaired) electrons. The number of nitrogens with zero attached hydrogens (tertiary/aromatic N) is 3. The van der Waals surface area contributed by atoms with E-state index in [4.69, 9.17) is 23.8 Å². The van der Waals surface area contributed by atoms with Crippen LogP contribution in [0.1, 0.15) is 24.1 Å². The Kier molecular flexibility index (Phi) is 5.51. The fourth-order valence-corrected chi connectivity index (χ4v) is 4.23. The highest BCUT2D eigenvalue weighted by Crippen LogP contribution is 2.33. The second-order valence-corrected chi connectivity index (χ2v) is 7.47. The van der Waals surface area contributed by atoms with Crippen LogP contribution in [0.3, 0.4) is 0 Å². The smallest absolute Gasteiger partial charge is 0.265 e. The van der Waals surface area contributed by atoms with Gasteiger partial charge in [-0.15, -0.1) is 6.58 Å². The molecule has 1 N–H and O–H groups in total. The topological polar surface area (TPSA) is 65.5 Å². The highest BCUT2D eigenvalue weighted by Gasteiger charge is 2.33. The van der Waals surface area contributed by atoms with Crippen LogP contribution >= 0.6 is 35.2 Å². The lowest BCUT2D eigenvalue weighted by molar-refractivity contribution is -0.128. The molecule has 25 heavy (non-hydrogen) atoms. The van der Waals surface area contributed by atoms with Crippen molar-refractivity contribution in [2.75, 3.05) is 24.5 Å². The van der Waals surface area contributed by atoms with Crippen LogP contribution in [0.5, 0.6) is 0 Å². The monoisotopic (exact) mass is 396 g/mol. The highest BCUT2D eigenvalue weighted by molar-refractivity contribution is 7.80. The molecule has 132 valence electrons. The van der Waals surface area contributed by atoms with Crippen LogP contribution in [0.2, 0.25) is 5.15 Å². The maximum Gasteiger partial charge on any atom is 0.265 e. The first-order valence-electron chi connectivity index (χ1n) is 7.92. The average Bonchev–Trinajstić information content (AvgIpc) is 2.97. The summed E-state index contributed by atoms with van der Waals surface area (Å²) in [7, 11) is 0. The molecule has 2 amide bonds. The molecule has 1 aromatic heterocycles. The number of halogens is 1. The van der Waals surface area contributed by atoms with Crippen molar-refractivity contribution in [3.63, 3.8) is 0 Å². The maximum atomic E-state index is 12.6. The van der Waals surface area contributed by atoms with Crippen LogP contribution < -0.4 is 10.2 Å². The van der Waals surface area contributed by atoms with Gasteiger partial charge >= 0.3 is 0 Å². The van der Waals surface area contributed by atoms with Crippen molar-refractivity contribution in [2.45, 2.75) is 19.3 Å². The number of piperidine rings is 1. The van der Waals surface area contributed by atoms with E-state index in [0.29, 0.717) is 10.0 Å². The van der Waals surface area contributed by atoms with Crippen LogP contribution in [0.25, 0.3) is 6.08 Å². The minimum absolute atomic E-state index is 0.00815. The number of carbonyl (C=O) groups is 2. The Balaban J connectivity index is 1.89. The first-order chi connectivity index (χ1) is 12.0. The molecule has 2 saturated heterocycles. The lowest BCUT2D eigenvalue weighted by Crippen LogP contribution is -2.53. The predicted molar refractivity (Wildman–Crippen MR) is 104 cm³/mol. The summed E-state index contributed by atoms with van der Waals surface area (Å²) >= 11 is 12.7. The van der Waals surface area contributed by atoms with Crippen LogP contribution in [0.15, 0.2) is 18.2 Å². The Labute approximate surface area is 160 Å². The Bertz CT molecular complexity index is 768. The Morgan fingerprint density at radius 3 is 2.72 bits per heavy atom. The number of hydrogen-bond acceptors (Lipinski definition) is 6. The first kappa shape index (κ1) is 18.0. The highest BCUT2D eigenvalue weighted by atomic mass is 35.5. The van der Waals surface area contributed by atoms with Gasteiger partial charge in [-0.3, -0.25) is 19.8 Å². The van der Waals surface area contributed by atoms with Crippen LogP contribution in [0.4, 0.5) is 5.13 Å². The van der Waals surface area contributed by atoms with E-state index < -0.39 is 11.8 Å². The van der Waals surface area contributed by atoms with Gasteiger partial charge in [-0.1, -0.05) is 29.0 Å².